The van der Waals surface area contributed by atoms with Crippen LogP contribution >= 0.6 is 22.9 Å². The van der Waals surface area contributed by atoms with Crippen LogP contribution in [-0.4, -0.2) is 24.0 Å². The molecule has 0 atom stereocenters. The number of hydrogen-bond acceptors (Lipinski definition) is 5. The highest BCUT2D eigenvalue weighted by molar-refractivity contribution is 7.17. The molecule has 0 aliphatic rings. The first kappa shape index (κ1) is 19.7. The van der Waals surface area contributed by atoms with Crippen molar-refractivity contribution in [2.45, 2.75) is 6.92 Å². The second-order valence-electron chi connectivity index (χ2n) is 5.68. The van der Waals surface area contributed by atoms with Gasteiger partial charge in [0.1, 0.15) is 10.6 Å². The van der Waals surface area contributed by atoms with Gasteiger partial charge < -0.3 is 15.4 Å². The fraction of sp³-hybridized carbons (Fsp3) is 0.105. The number of hydrogen-bond donors (Lipinski definition) is 3. The minimum absolute atomic E-state index is 0.323. The number of thiazole rings is 1. The van der Waals surface area contributed by atoms with Crippen LogP contribution in [0.3, 0.4) is 0 Å². The Kier molecular flexibility index (Phi) is 6.13. The zero-order valence-corrected chi connectivity index (χ0v) is 16.6. The average Bonchev–Trinajstić information content (AvgIpc) is 3.02. The van der Waals surface area contributed by atoms with E-state index >= 15 is 0 Å². The van der Waals surface area contributed by atoms with E-state index in [0.29, 0.717) is 37.8 Å². The lowest BCUT2D eigenvalue weighted by atomic mass is 10.3. The smallest absolute Gasteiger partial charge is 0.325 e. The fourth-order valence-electron chi connectivity index (χ4n) is 2.37. The molecule has 1 heterocycles. The maximum absolute atomic E-state index is 12.5. The number of halogens is 1. The lowest BCUT2D eigenvalue weighted by Gasteiger charge is -2.07. The SMILES string of the molecule is COc1ccc(NC(=O)c2sc(NC(=O)Nc3ccccc3)nc2C)cc1Cl. The number of aromatic nitrogens is 1. The summed E-state index contributed by atoms with van der Waals surface area (Å²) in [4.78, 5) is 29.3. The van der Waals surface area contributed by atoms with Crippen molar-refractivity contribution in [2.75, 3.05) is 23.1 Å². The quantitative estimate of drug-likeness (QED) is 0.545. The van der Waals surface area contributed by atoms with Crippen LogP contribution in [0.4, 0.5) is 21.3 Å². The Balaban J connectivity index is 1.66. The number of urea groups is 1. The third-order valence-electron chi connectivity index (χ3n) is 3.66. The minimum atomic E-state index is -0.436. The molecule has 0 saturated carbocycles. The Labute approximate surface area is 170 Å². The topological polar surface area (TPSA) is 92.4 Å². The molecule has 3 amide bonds. The first-order valence-electron chi connectivity index (χ1n) is 8.21. The number of aryl methyl sites for hydroxylation is 1. The predicted molar refractivity (Wildman–Crippen MR) is 112 cm³/mol. The highest BCUT2D eigenvalue weighted by atomic mass is 35.5. The number of ether oxygens (including phenoxy) is 1. The predicted octanol–water partition coefficient (Wildman–Crippen LogP) is 5.01. The number of carbonyl (C=O) groups is 2. The van der Waals surface area contributed by atoms with E-state index in [1.807, 2.05) is 18.2 Å². The van der Waals surface area contributed by atoms with Gasteiger partial charge in [-0.3, -0.25) is 10.1 Å². The molecule has 7 nitrogen and oxygen atoms in total. The van der Waals surface area contributed by atoms with Crippen molar-refractivity contribution in [3.8, 4) is 5.75 Å². The van der Waals surface area contributed by atoms with E-state index in [9.17, 15) is 9.59 Å². The van der Waals surface area contributed by atoms with Gasteiger partial charge in [-0.25, -0.2) is 9.78 Å². The first-order chi connectivity index (χ1) is 13.5. The summed E-state index contributed by atoms with van der Waals surface area (Å²) in [5.41, 5.74) is 1.69. The van der Waals surface area contributed by atoms with Gasteiger partial charge in [-0.1, -0.05) is 41.1 Å². The van der Waals surface area contributed by atoms with E-state index in [1.165, 1.54) is 7.11 Å². The maximum Gasteiger partial charge on any atom is 0.325 e. The van der Waals surface area contributed by atoms with Gasteiger partial charge in [-0.2, -0.15) is 0 Å². The molecule has 0 bridgehead atoms. The van der Waals surface area contributed by atoms with E-state index in [-0.39, 0.29) is 5.91 Å². The minimum Gasteiger partial charge on any atom is -0.495 e. The molecular weight excluding hydrogens is 400 g/mol. The van der Waals surface area contributed by atoms with Crippen LogP contribution in [0.5, 0.6) is 5.75 Å². The molecule has 0 radical (unpaired) electrons. The van der Waals surface area contributed by atoms with Gasteiger partial charge in [-0.15, -0.1) is 0 Å². The molecule has 144 valence electrons. The maximum atomic E-state index is 12.5. The molecule has 1 aromatic heterocycles. The molecular formula is C19H17ClN4O3S. The normalized spacial score (nSPS) is 10.2. The Morgan fingerprint density at radius 2 is 1.79 bits per heavy atom. The van der Waals surface area contributed by atoms with Crippen LogP contribution < -0.4 is 20.7 Å². The van der Waals surface area contributed by atoms with Gasteiger partial charge in [0, 0.05) is 11.4 Å². The van der Waals surface area contributed by atoms with Crippen LogP contribution in [0.1, 0.15) is 15.4 Å². The first-order valence-corrected chi connectivity index (χ1v) is 9.41. The molecule has 0 spiro atoms. The highest BCUT2D eigenvalue weighted by Gasteiger charge is 2.17. The molecule has 0 unspecified atom stereocenters. The van der Waals surface area contributed by atoms with E-state index in [1.54, 1.807) is 37.3 Å². The molecule has 9 heteroatoms. The van der Waals surface area contributed by atoms with Gasteiger partial charge in [0.05, 0.1) is 17.8 Å². The van der Waals surface area contributed by atoms with Gasteiger partial charge in [0.25, 0.3) is 5.91 Å². The summed E-state index contributed by atoms with van der Waals surface area (Å²) in [5.74, 6) is 0.178. The number of amides is 3. The van der Waals surface area contributed by atoms with E-state index < -0.39 is 6.03 Å². The summed E-state index contributed by atoms with van der Waals surface area (Å²) in [5, 5.41) is 8.80. The Bertz CT molecular complexity index is 1010. The number of rotatable bonds is 5. The number of benzene rings is 2. The standard InChI is InChI=1S/C19H17ClN4O3S/c1-11-16(17(25)22-13-8-9-15(27-2)14(20)10-13)28-19(21-11)24-18(26)23-12-6-4-3-5-7-12/h3-10H,1-2H3,(H,22,25)(H2,21,23,24,26). The van der Waals surface area contributed by atoms with Crippen molar-refractivity contribution >= 4 is 51.4 Å². The van der Waals surface area contributed by atoms with Crippen LogP contribution in [0.15, 0.2) is 48.5 Å². The number of nitrogens with one attached hydrogen (secondary N) is 3. The van der Waals surface area contributed by atoms with Crippen LogP contribution in [0.2, 0.25) is 5.02 Å². The van der Waals surface area contributed by atoms with Crippen molar-refractivity contribution < 1.29 is 14.3 Å². The molecule has 3 N–H and O–H groups in total. The van der Waals surface area contributed by atoms with Gasteiger partial charge in [0.2, 0.25) is 0 Å². The highest BCUT2D eigenvalue weighted by Crippen LogP contribution is 2.28. The van der Waals surface area contributed by atoms with Gasteiger partial charge in [0.15, 0.2) is 5.13 Å². The van der Waals surface area contributed by atoms with E-state index in [0.717, 1.165) is 11.3 Å². The van der Waals surface area contributed by atoms with Crippen LogP contribution in [-0.2, 0) is 0 Å². The van der Waals surface area contributed by atoms with Crippen LogP contribution in [0, 0.1) is 6.92 Å². The number of methoxy groups -OCH3 is 1. The number of para-hydroxylation sites is 1. The monoisotopic (exact) mass is 416 g/mol. The summed E-state index contributed by atoms with van der Waals surface area (Å²) in [7, 11) is 1.52. The lowest BCUT2D eigenvalue weighted by molar-refractivity contribution is 0.103. The van der Waals surface area contributed by atoms with E-state index in [4.69, 9.17) is 16.3 Å². The Morgan fingerprint density at radius 3 is 2.46 bits per heavy atom. The fourth-order valence-corrected chi connectivity index (χ4v) is 3.49. The van der Waals surface area contributed by atoms with Crippen molar-refractivity contribution in [1.29, 1.82) is 0 Å². The van der Waals surface area contributed by atoms with Crippen molar-refractivity contribution in [2.24, 2.45) is 0 Å². The zero-order valence-electron chi connectivity index (χ0n) is 15.1. The molecule has 28 heavy (non-hydrogen) atoms. The second-order valence-corrected chi connectivity index (χ2v) is 7.09. The van der Waals surface area contributed by atoms with Gasteiger partial charge >= 0.3 is 6.03 Å². The third kappa shape index (κ3) is 4.79. The molecule has 0 aliphatic heterocycles. The average molecular weight is 417 g/mol. The summed E-state index contributed by atoms with van der Waals surface area (Å²) in [6.45, 7) is 1.70. The largest absolute Gasteiger partial charge is 0.495 e. The van der Waals surface area contributed by atoms with E-state index in [2.05, 4.69) is 20.9 Å². The van der Waals surface area contributed by atoms with Crippen LogP contribution in [0.25, 0.3) is 0 Å². The lowest BCUT2D eigenvalue weighted by Crippen LogP contribution is -2.19. The van der Waals surface area contributed by atoms with Gasteiger partial charge in [-0.05, 0) is 37.3 Å². The van der Waals surface area contributed by atoms with Crippen molar-refractivity contribution in [1.82, 2.24) is 4.98 Å². The molecule has 0 saturated heterocycles. The molecule has 3 rings (SSSR count). The summed E-state index contributed by atoms with van der Waals surface area (Å²) >= 11 is 7.16. The van der Waals surface area contributed by atoms with Crippen molar-refractivity contribution in [3.05, 3.63) is 64.1 Å². The molecule has 0 aliphatic carbocycles. The zero-order chi connectivity index (χ0) is 20.1. The molecule has 0 fully saturated rings. The molecule has 3 aromatic rings. The van der Waals surface area contributed by atoms with Crippen molar-refractivity contribution in [3.63, 3.8) is 0 Å². The number of anilines is 3. The number of nitrogens with zero attached hydrogens (tertiary/aromatic N) is 1. The number of carbonyl (C=O) groups excluding carboxylic acids is 2. The summed E-state index contributed by atoms with van der Waals surface area (Å²) in [6, 6.07) is 13.5. The summed E-state index contributed by atoms with van der Waals surface area (Å²) < 4.78 is 5.09. The second kappa shape index (κ2) is 8.73. The third-order valence-corrected chi connectivity index (χ3v) is 5.03. The Hall–Kier alpha value is -3.10. The molecule has 2 aromatic carbocycles. The summed E-state index contributed by atoms with van der Waals surface area (Å²) in [6.07, 6.45) is 0. The Morgan fingerprint density at radius 1 is 1.04 bits per heavy atom.